The Hall–Kier alpha value is -3.60. The summed E-state index contributed by atoms with van der Waals surface area (Å²) in [4.78, 5) is 21.9. The summed E-state index contributed by atoms with van der Waals surface area (Å²) in [5.74, 6) is -1.22. The largest absolute Gasteiger partial charge is 0.477 e. The van der Waals surface area contributed by atoms with Crippen molar-refractivity contribution in [2.75, 3.05) is 37.5 Å². The molecule has 2 N–H and O–H groups in total. The second kappa shape index (κ2) is 9.04. The lowest BCUT2D eigenvalue weighted by Gasteiger charge is -2.23. The van der Waals surface area contributed by atoms with Crippen molar-refractivity contribution in [1.82, 2.24) is 9.97 Å². The number of carboxylic acids is 1. The van der Waals surface area contributed by atoms with Gasteiger partial charge in [-0.05, 0) is 30.3 Å². The zero-order valence-electron chi connectivity index (χ0n) is 16.6. The van der Waals surface area contributed by atoms with Crippen LogP contribution in [0.4, 0.5) is 30.6 Å². The van der Waals surface area contributed by atoms with Crippen LogP contribution in [-0.2, 0) is 10.9 Å². The van der Waals surface area contributed by atoms with Crippen LogP contribution in [0.15, 0.2) is 47.1 Å². The molecule has 0 saturated carbocycles. The molecule has 0 spiro atoms. The third-order valence-electron chi connectivity index (χ3n) is 4.33. The molecule has 0 radical (unpaired) electrons. The van der Waals surface area contributed by atoms with Crippen LogP contribution in [0.5, 0.6) is 0 Å². The van der Waals surface area contributed by atoms with Gasteiger partial charge in [-0.15, -0.1) is 0 Å². The van der Waals surface area contributed by atoms with Gasteiger partial charge in [0.2, 0.25) is 5.95 Å². The highest BCUT2D eigenvalue weighted by Gasteiger charge is 2.31. The predicted molar refractivity (Wildman–Crippen MR) is 107 cm³/mol. The lowest BCUT2D eigenvalue weighted by molar-refractivity contribution is -0.137. The number of nitrogens with zero attached hydrogens (tertiary/aromatic N) is 3. The molecule has 1 aromatic carbocycles. The molecule has 2 heterocycles. The van der Waals surface area contributed by atoms with E-state index in [-0.39, 0.29) is 34.5 Å². The number of nitrogens with one attached hydrogen (secondary N) is 1. The Labute approximate surface area is 175 Å². The number of carboxylic acid groups (broad SMARTS) is 1. The van der Waals surface area contributed by atoms with E-state index in [1.807, 2.05) is 0 Å². The van der Waals surface area contributed by atoms with E-state index < -0.39 is 17.7 Å². The number of carbonyl (C=O) groups is 1. The Kier molecular flexibility index (Phi) is 6.44. The van der Waals surface area contributed by atoms with E-state index in [1.165, 1.54) is 43.5 Å². The first kappa shape index (κ1) is 22.1. The summed E-state index contributed by atoms with van der Waals surface area (Å²) >= 11 is 0. The van der Waals surface area contributed by atoms with Gasteiger partial charge in [0, 0.05) is 26.4 Å². The van der Waals surface area contributed by atoms with Crippen LogP contribution in [0, 0.1) is 0 Å². The fraction of sp³-hybridized carbons (Fsp3) is 0.250. The SMILES string of the molecule is COCCNc1nc(-c2ccco2)c(C(=O)O)c(N(C)c2cccc(C(F)(F)F)c2)n1. The van der Waals surface area contributed by atoms with E-state index >= 15 is 0 Å². The number of aromatic carboxylic acids is 1. The van der Waals surface area contributed by atoms with Gasteiger partial charge in [-0.3, -0.25) is 0 Å². The molecule has 0 atom stereocenters. The summed E-state index contributed by atoms with van der Waals surface area (Å²) in [5.41, 5.74) is -1.09. The quantitative estimate of drug-likeness (QED) is 0.505. The van der Waals surface area contributed by atoms with Gasteiger partial charge in [-0.1, -0.05) is 6.07 Å². The summed E-state index contributed by atoms with van der Waals surface area (Å²) in [6.07, 6.45) is -3.19. The molecule has 8 nitrogen and oxygen atoms in total. The monoisotopic (exact) mass is 436 g/mol. The molecule has 2 aromatic heterocycles. The Morgan fingerprint density at radius 2 is 2.03 bits per heavy atom. The van der Waals surface area contributed by atoms with Gasteiger partial charge in [0.25, 0.3) is 0 Å². The van der Waals surface area contributed by atoms with E-state index in [2.05, 4.69) is 15.3 Å². The fourth-order valence-electron chi connectivity index (χ4n) is 2.84. The number of benzene rings is 1. The van der Waals surface area contributed by atoms with Crippen molar-refractivity contribution in [3.05, 3.63) is 53.8 Å². The second-order valence-corrected chi connectivity index (χ2v) is 6.40. The lowest BCUT2D eigenvalue weighted by Crippen LogP contribution is -2.20. The van der Waals surface area contributed by atoms with Gasteiger partial charge in [-0.2, -0.15) is 18.2 Å². The van der Waals surface area contributed by atoms with Crippen molar-refractivity contribution >= 4 is 23.4 Å². The first-order valence-electron chi connectivity index (χ1n) is 9.05. The van der Waals surface area contributed by atoms with Crippen molar-refractivity contribution < 1.29 is 32.2 Å². The van der Waals surface area contributed by atoms with Gasteiger partial charge >= 0.3 is 12.1 Å². The van der Waals surface area contributed by atoms with Gasteiger partial charge < -0.3 is 24.5 Å². The number of methoxy groups -OCH3 is 1. The van der Waals surface area contributed by atoms with Crippen LogP contribution in [0.1, 0.15) is 15.9 Å². The number of ether oxygens (including phenoxy) is 1. The molecule has 0 saturated heterocycles. The number of anilines is 3. The zero-order chi connectivity index (χ0) is 22.6. The summed E-state index contributed by atoms with van der Waals surface area (Å²) in [6.45, 7) is 0.659. The maximum atomic E-state index is 13.2. The number of aromatic nitrogens is 2. The van der Waals surface area contributed by atoms with Gasteiger partial charge in [0.05, 0.1) is 18.4 Å². The molecule has 0 aliphatic rings. The van der Waals surface area contributed by atoms with Crippen LogP contribution in [0.2, 0.25) is 0 Å². The summed E-state index contributed by atoms with van der Waals surface area (Å²) in [7, 11) is 2.94. The molecule has 0 unspecified atom stereocenters. The lowest BCUT2D eigenvalue weighted by atomic mass is 10.1. The smallest absolute Gasteiger partial charge is 0.416 e. The molecule has 164 valence electrons. The van der Waals surface area contributed by atoms with Crippen LogP contribution < -0.4 is 10.2 Å². The van der Waals surface area contributed by atoms with Crippen molar-refractivity contribution in [2.24, 2.45) is 0 Å². The van der Waals surface area contributed by atoms with Crippen molar-refractivity contribution in [3.8, 4) is 11.5 Å². The first-order chi connectivity index (χ1) is 14.7. The second-order valence-electron chi connectivity index (χ2n) is 6.40. The van der Waals surface area contributed by atoms with E-state index in [1.54, 1.807) is 6.07 Å². The molecular weight excluding hydrogens is 417 g/mol. The number of furan rings is 1. The maximum Gasteiger partial charge on any atom is 0.416 e. The Balaban J connectivity index is 2.16. The zero-order valence-corrected chi connectivity index (χ0v) is 16.6. The standard InChI is InChI=1S/C20H19F3N4O4/c1-27(13-6-3-5-12(11-13)20(21,22)23)17-15(18(28)29)16(14-7-4-9-31-14)25-19(26-17)24-8-10-30-2/h3-7,9,11H,8,10H2,1-2H3,(H,28,29)(H,24,25,26). The Bertz CT molecular complexity index is 1060. The average molecular weight is 436 g/mol. The normalized spacial score (nSPS) is 11.4. The maximum absolute atomic E-state index is 13.2. The van der Waals surface area contributed by atoms with E-state index in [9.17, 15) is 23.1 Å². The first-order valence-corrected chi connectivity index (χ1v) is 9.05. The van der Waals surface area contributed by atoms with E-state index in [4.69, 9.17) is 9.15 Å². The topological polar surface area (TPSA) is 101 Å². The molecule has 31 heavy (non-hydrogen) atoms. The molecule has 3 aromatic rings. The van der Waals surface area contributed by atoms with Gasteiger partial charge in [-0.25, -0.2) is 9.78 Å². The van der Waals surface area contributed by atoms with Crippen LogP contribution in [-0.4, -0.2) is 48.4 Å². The van der Waals surface area contributed by atoms with Crippen LogP contribution in [0.25, 0.3) is 11.5 Å². The number of halogens is 3. The van der Waals surface area contributed by atoms with Gasteiger partial charge in [0.15, 0.2) is 11.6 Å². The number of rotatable bonds is 8. The highest BCUT2D eigenvalue weighted by molar-refractivity contribution is 6.00. The third kappa shape index (κ3) is 4.94. The molecule has 0 aliphatic carbocycles. The highest BCUT2D eigenvalue weighted by Crippen LogP contribution is 2.36. The predicted octanol–water partition coefficient (Wildman–Crippen LogP) is 4.28. The van der Waals surface area contributed by atoms with Gasteiger partial charge in [0.1, 0.15) is 11.3 Å². The Morgan fingerprint density at radius 3 is 2.65 bits per heavy atom. The summed E-state index contributed by atoms with van der Waals surface area (Å²) in [6, 6.07) is 7.61. The summed E-state index contributed by atoms with van der Waals surface area (Å²) < 4.78 is 49.8. The minimum Gasteiger partial charge on any atom is -0.477 e. The van der Waals surface area contributed by atoms with Crippen LogP contribution >= 0.6 is 0 Å². The minimum atomic E-state index is -4.55. The van der Waals surface area contributed by atoms with Crippen molar-refractivity contribution in [1.29, 1.82) is 0 Å². The molecule has 3 rings (SSSR count). The third-order valence-corrected chi connectivity index (χ3v) is 4.33. The number of hydrogen-bond acceptors (Lipinski definition) is 7. The van der Waals surface area contributed by atoms with E-state index in [0.29, 0.717) is 13.2 Å². The Morgan fingerprint density at radius 1 is 1.26 bits per heavy atom. The average Bonchev–Trinajstić information content (AvgIpc) is 3.27. The molecule has 0 fully saturated rings. The number of hydrogen-bond donors (Lipinski definition) is 2. The highest BCUT2D eigenvalue weighted by atomic mass is 19.4. The van der Waals surface area contributed by atoms with Crippen molar-refractivity contribution in [3.63, 3.8) is 0 Å². The molecule has 11 heteroatoms. The summed E-state index contributed by atoms with van der Waals surface area (Å²) in [5, 5.41) is 12.8. The molecular formula is C20H19F3N4O4. The molecule has 0 bridgehead atoms. The molecule has 0 aliphatic heterocycles. The fourth-order valence-corrected chi connectivity index (χ4v) is 2.84. The van der Waals surface area contributed by atoms with Crippen LogP contribution in [0.3, 0.4) is 0 Å². The van der Waals surface area contributed by atoms with Crippen molar-refractivity contribution in [2.45, 2.75) is 6.18 Å². The minimum absolute atomic E-state index is 0.0127. The molecule has 0 amide bonds. The number of alkyl halides is 3. The van der Waals surface area contributed by atoms with E-state index in [0.717, 1.165) is 12.1 Å².